The molecule has 8 heteroatoms. The summed E-state index contributed by atoms with van der Waals surface area (Å²) in [5, 5.41) is 4.01. The molecule has 26 heavy (non-hydrogen) atoms. The molecular formula is C18H15F4N3O. The molecule has 0 saturated heterocycles. The molecule has 3 rings (SSSR count). The Morgan fingerprint density at radius 1 is 1.12 bits per heavy atom. The Kier molecular flexibility index (Phi) is 4.43. The standard InChI is InChI=1S/C18H15F4N3O/c1-9-8-25(14-7-13(18(21)22)24(3)23-14)16(10(2)17(9)26)15-11(19)5-4-6-12(15)20/h4-8,18H,1-3H3. The smallest absolute Gasteiger partial charge is 0.280 e. The molecular weight excluding hydrogens is 350 g/mol. The third-order valence-corrected chi connectivity index (χ3v) is 4.19. The van der Waals surface area contributed by atoms with Crippen LogP contribution in [0.2, 0.25) is 0 Å². The highest BCUT2D eigenvalue weighted by Gasteiger charge is 2.23. The number of halogens is 4. The molecule has 0 radical (unpaired) electrons. The quantitative estimate of drug-likeness (QED) is 0.657. The summed E-state index contributed by atoms with van der Waals surface area (Å²) in [6.45, 7) is 2.97. The van der Waals surface area contributed by atoms with Crippen LogP contribution in [0.3, 0.4) is 0 Å². The van der Waals surface area contributed by atoms with E-state index in [1.54, 1.807) is 0 Å². The molecule has 0 unspecified atom stereocenters. The summed E-state index contributed by atoms with van der Waals surface area (Å²) in [4.78, 5) is 12.3. The molecule has 1 aromatic carbocycles. The van der Waals surface area contributed by atoms with Gasteiger partial charge in [0.2, 0.25) is 0 Å². The van der Waals surface area contributed by atoms with E-state index in [1.807, 2.05) is 0 Å². The van der Waals surface area contributed by atoms with Crippen LogP contribution in [0.4, 0.5) is 17.6 Å². The Labute approximate surface area is 146 Å². The first-order chi connectivity index (χ1) is 12.2. The lowest BCUT2D eigenvalue weighted by Gasteiger charge is -2.16. The first kappa shape index (κ1) is 17.9. The van der Waals surface area contributed by atoms with Gasteiger partial charge in [0, 0.05) is 30.4 Å². The van der Waals surface area contributed by atoms with Crippen LogP contribution in [0.15, 0.2) is 35.3 Å². The molecule has 0 amide bonds. The SMILES string of the molecule is Cc1cn(-c2cc(C(F)F)n(C)n2)c(-c2c(F)cccc2F)c(C)c1=O. The summed E-state index contributed by atoms with van der Waals surface area (Å²) in [5.74, 6) is -1.70. The minimum atomic E-state index is -2.77. The van der Waals surface area contributed by atoms with Crippen LogP contribution in [-0.4, -0.2) is 14.3 Å². The van der Waals surface area contributed by atoms with Crippen LogP contribution >= 0.6 is 0 Å². The summed E-state index contributed by atoms with van der Waals surface area (Å²) in [5.41, 5.74) is -0.815. The summed E-state index contributed by atoms with van der Waals surface area (Å²) in [7, 11) is 1.34. The molecule has 0 aliphatic heterocycles. The van der Waals surface area contributed by atoms with Gasteiger partial charge in [-0.25, -0.2) is 17.6 Å². The predicted octanol–water partition coefficient (Wildman–Crippen LogP) is 4.07. The third kappa shape index (κ3) is 2.81. The second-order valence-electron chi connectivity index (χ2n) is 5.93. The van der Waals surface area contributed by atoms with Crippen LogP contribution in [-0.2, 0) is 7.05 Å². The van der Waals surface area contributed by atoms with E-state index in [-0.39, 0.29) is 28.2 Å². The van der Waals surface area contributed by atoms with Crippen LogP contribution in [0.25, 0.3) is 17.1 Å². The average molecular weight is 365 g/mol. The molecule has 0 aliphatic carbocycles. The second kappa shape index (κ2) is 6.44. The van der Waals surface area contributed by atoms with Gasteiger partial charge in [0.1, 0.15) is 17.3 Å². The second-order valence-corrected chi connectivity index (χ2v) is 5.93. The van der Waals surface area contributed by atoms with Crippen molar-refractivity contribution in [2.24, 2.45) is 7.05 Å². The lowest BCUT2D eigenvalue weighted by molar-refractivity contribution is 0.141. The van der Waals surface area contributed by atoms with Crippen molar-refractivity contribution in [3.63, 3.8) is 0 Å². The monoisotopic (exact) mass is 365 g/mol. The zero-order valence-corrected chi connectivity index (χ0v) is 14.2. The maximum atomic E-state index is 14.4. The normalized spacial score (nSPS) is 11.4. The van der Waals surface area contributed by atoms with Gasteiger partial charge < -0.3 is 0 Å². The van der Waals surface area contributed by atoms with E-state index < -0.39 is 23.6 Å². The molecule has 2 heterocycles. The lowest BCUT2D eigenvalue weighted by Crippen LogP contribution is -2.17. The first-order valence-electron chi connectivity index (χ1n) is 7.72. The van der Waals surface area contributed by atoms with Gasteiger partial charge >= 0.3 is 0 Å². The van der Waals surface area contributed by atoms with E-state index >= 15 is 0 Å². The fourth-order valence-electron chi connectivity index (χ4n) is 2.90. The van der Waals surface area contributed by atoms with Crippen LogP contribution in [0, 0.1) is 25.5 Å². The van der Waals surface area contributed by atoms with Crippen molar-refractivity contribution in [3.05, 3.63) is 69.1 Å². The Morgan fingerprint density at radius 3 is 2.27 bits per heavy atom. The number of alkyl halides is 2. The van der Waals surface area contributed by atoms with Crippen molar-refractivity contribution in [3.8, 4) is 17.1 Å². The summed E-state index contributed by atoms with van der Waals surface area (Å²) < 4.78 is 57.1. The van der Waals surface area contributed by atoms with E-state index in [4.69, 9.17) is 0 Å². The molecule has 136 valence electrons. The number of hydrogen-bond donors (Lipinski definition) is 0. The third-order valence-electron chi connectivity index (χ3n) is 4.19. The molecule has 0 bridgehead atoms. The Hall–Kier alpha value is -2.90. The Balaban J connectivity index is 2.40. The van der Waals surface area contributed by atoms with Gasteiger partial charge in [-0.1, -0.05) is 6.07 Å². The molecule has 0 saturated carbocycles. The molecule has 0 atom stereocenters. The van der Waals surface area contributed by atoms with Crippen LogP contribution in [0.5, 0.6) is 0 Å². The predicted molar refractivity (Wildman–Crippen MR) is 88.6 cm³/mol. The van der Waals surface area contributed by atoms with Crippen LogP contribution in [0.1, 0.15) is 23.2 Å². The molecule has 2 aromatic heterocycles. The minimum Gasteiger partial charge on any atom is -0.299 e. The summed E-state index contributed by atoms with van der Waals surface area (Å²) in [6, 6.07) is 4.46. The van der Waals surface area contributed by atoms with Crippen molar-refractivity contribution >= 4 is 0 Å². The minimum absolute atomic E-state index is 0.0339. The highest BCUT2D eigenvalue weighted by atomic mass is 19.3. The largest absolute Gasteiger partial charge is 0.299 e. The number of aryl methyl sites for hydroxylation is 2. The van der Waals surface area contributed by atoms with Gasteiger partial charge in [-0.3, -0.25) is 14.0 Å². The molecule has 0 aliphatic rings. The zero-order valence-electron chi connectivity index (χ0n) is 14.2. The summed E-state index contributed by atoms with van der Waals surface area (Å²) in [6.07, 6.45) is -1.43. The molecule has 3 aromatic rings. The topological polar surface area (TPSA) is 39.8 Å². The number of benzene rings is 1. The number of pyridine rings is 1. The average Bonchev–Trinajstić information content (AvgIpc) is 2.96. The van der Waals surface area contributed by atoms with Gasteiger partial charge in [-0.2, -0.15) is 5.10 Å². The van der Waals surface area contributed by atoms with Crippen molar-refractivity contribution in [2.45, 2.75) is 20.3 Å². The van der Waals surface area contributed by atoms with Gasteiger partial charge in [-0.05, 0) is 26.0 Å². The van der Waals surface area contributed by atoms with Crippen molar-refractivity contribution in [1.29, 1.82) is 0 Å². The molecule has 0 spiro atoms. The first-order valence-corrected chi connectivity index (χ1v) is 7.72. The number of aromatic nitrogens is 3. The van der Waals surface area contributed by atoms with E-state index in [9.17, 15) is 22.4 Å². The maximum Gasteiger partial charge on any atom is 0.280 e. The highest BCUT2D eigenvalue weighted by Crippen LogP contribution is 2.31. The van der Waals surface area contributed by atoms with E-state index in [2.05, 4.69) is 5.10 Å². The van der Waals surface area contributed by atoms with E-state index in [0.717, 1.165) is 22.9 Å². The van der Waals surface area contributed by atoms with Crippen molar-refractivity contribution in [1.82, 2.24) is 14.3 Å². The Morgan fingerprint density at radius 2 is 1.73 bits per heavy atom. The fourth-order valence-corrected chi connectivity index (χ4v) is 2.90. The highest BCUT2D eigenvalue weighted by molar-refractivity contribution is 5.67. The number of nitrogens with zero attached hydrogens (tertiary/aromatic N) is 3. The summed E-state index contributed by atoms with van der Waals surface area (Å²) >= 11 is 0. The van der Waals surface area contributed by atoms with E-state index in [0.29, 0.717) is 5.56 Å². The van der Waals surface area contributed by atoms with Crippen molar-refractivity contribution in [2.75, 3.05) is 0 Å². The van der Waals surface area contributed by atoms with E-state index in [1.165, 1.54) is 37.7 Å². The van der Waals surface area contributed by atoms with Crippen LogP contribution < -0.4 is 5.43 Å². The molecule has 4 nitrogen and oxygen atoms in total. The molecule has 0 fully saturated rings. The van der Waals surface area contributed by atoms with Gasteiger partial charge in [0.25, 0.3) is 6.43 Å². The van der Waals surface area contributed by atoms with Gasteiger partial charge in [0.15, 0.2) is 11.2 Å². The Bertz CT molecular complexity index is 1030. The lowest BCUT2D eigenvalue weighted by atomic mass is 10.0. The number of hydrogen-bond acceptors (Lipinski definition) is 2. The van der Waals surface area contributed by atoms with Gasteiger partial charge in [-0.15, -0.1) is 0 Å². The molecule has 0 N–H and O–H groups in total. The number of rotatable bonds is 3. The maximum absolute atomic E-state index is 14.4. The zero-order chi connectivity index (χ0) is 19.2. The fraction of sp³-hybridized carbons (Fsp3) is 0.222. The van der Waals surface area contributed by atoms with Gasteiger partial charge in [0.05, 0.1) is 11.3 Å². The van der Waals surface area contributed by atoms with Crippen molar-refractivity contribution < 1.29 is 17.6 Å².